The molecule has 3 rings (SSSR count). The lowest BCUT2D eigenvalue weighted by Gasteiger charge is -2.40. The Morgan fingerprint density at radius 1 is 1.21 bits per heavy atom. The molecule has 2 aliphatic rings. The molecule has 2 saturated heterocycles. The first kappa shape index (κ1) is 22.8. The van der Waals surface area contributed by atoms with Crippen LogP contribution in [0.25, 0.3) is 0 Å². The molecule has 10 heteroatoms. The molecule has 3 atom stereocenters. The molecule has 1 N–H and O–H groups in total. The quantitative estimate of drug-likeness (QED) is 0.670. The standard InChI is InChI=1S/C19H27Cl2N3O4S/c1-22-11-13-12-23(6-7-28-2)19(25)18-5-3-4-17(13)24(18)29(26,27)16-9-14(20)8-15(21)10-16/h8-10,13,17-18,22H,3-7,11-12H2,1-2H3. The van der Waals surface area contributed by atoms with Crippen molar-refractivity contribution in [2.24, 2.45) is 5.92 Å². The van der Waals surface area contributed by atoms with Crippen LogP contribution in [0.1, 0.15) is 19.3 Å². The van der Waals surface area contributed by atoms with Gasteiger partial charge in [0.15, 0.2) is 0 Å². The van der Waals surface area contributed by atoms with Gasteiger partial charge in [-0.05, 0) is 44.5 Å². The molecule has 3 unspecified atom stereocenters. The Bertz CT molecular complexity index is 832. The number of methoxy groups -OCH3 is 1. The van der Waals surface area contributed by atoms with Crippen LogP contribution >= 0.6 is 23.2 Å². The van der Waals surface area contributed by atoms with E-state index in [1.54, 1.807) is 12.0 Å². The molecule has 1 aromatic carbocycles. The van der Waals surface area contributed by atoms with Crippen molar-refractivity contribution in [2.45, 2.75) is 36.2 Å². The first-order chi connectivity index (χ1) is 13.8. The zero-order chi connectivity index (χ0) is 21.2. The Morgan fingerprint density at radius 2 is 1.90 bits per heavy atom. The Morgan fingerprint density at radius 3 is 2.52 bits per heavy atom. The highest BCUT2D eigenvalue weighted by atomic mass is 35.5. The van der Waals surface area contributed by atoms with E-state index in [4.69, 9.17) is 27.9 Å². The van der Waals surface area contributed by atoms with E-state index in [1.807, 2.05) is 7.05 Å². The van der Waals surface area contributed by atoms with E-state index in [-0.39, 0.29) is 32.8 Å². The topological polar surface area (TPSA) is 79.0 Å². The van der Waals surface area contributed by atoms with Gasteiger partial charge < -0.3 is 15.0 Å². The smallest absolute Gasteiger partial charge is 0.244 e. The van der Waals surface area contributed by atoms with Gasteiger partial charge in [0.1, 0.15) is 6.04 Å². The maximum absolute atomic E-state index is 13.7. The zero-order valence-corrected chi connectivity index (χ0v) is 18.9. The minimum absolute atomic E-state index is 0.0215. The number of benzene rings is 1. The number of amides is 1. The second-order valence-corrected chi connectivity index (χ2v) is 10.3. The Hall–Kier alpha value is -0.900. The molecule has 1 amide bonds. The molecule has 0 saturated carbocycles. The van der Waals surface area contributed by atoms with Gasteiger partial charge >= 0.3 is 0 Å². The van der Waals surface area contributed by atoms with Crippen molar-refractivity contribution in [1.82, 2.24) is 14.5 Å². The molecule has 162 valence electrons. The molecule has 0 radical (unpaired) electrons. The van der Waals surface area contributed by atoms with Crippen molar-refractivity contribution >= 4 is 39.1 Å². The van der Waals surface area contributed by atoms with Crippen LogP contribution in [0.3, 0.4) is 0 Å². The number of fused-ring (bicyclic) bond motifs is 2. The molecule has 7 nitrogen and oxygen atoms in total. The minimum Gasteiger partial charge on any atom is -0.383 e. The lowest BCUT2D eigenvalue weighted by atomic mass is 9.90. The Kier molecular flexibility index (Phi) is 7.46. The second kappa shape index (κ2) is 9.49. The predicted molar refractivity (Wildman–Crippen MR) is 113 cm³/mol. The Labute approximate surface area is 182 Å². The van der Waals surface area contributed by atoms with Crippen LogP contribution in [0.5, 0.6) is 0 Å². The van der Waals surface area contributed by atoms with Crippen molar-refractivity contribution in [3.8, 4) is 0 Å². The van der Waals surface area contributed by atoms with E-state index in [1.165, 1.54) is 22.5 Å². The van der Waals surface area contributed by atoms with E-state index < -0.39 is 16.1 Å². The normalized spacial score (nSPS) is 25.9. The monoisotopic (exact) mass is 463 g/mol. The second-order valence-electron chi connectivity index (χ2n) is 7.55. The molecular weight excluding hydrogens is 437 g/mol. The molecule has 2 bridgehead atoms. The fourth-order valence-corrected chi connectivity index (χ4v) is 7.01. The van der Waals surface area contributed by atoms with Crippen LogP contribution in [0.4, 0.5) is 0 Å². The summed E-state index contributed by atoms with van der Waals surface area (Å²) >= 11 is 12.1. The third kappa shape index (κ3) is 4.73. The van der Waals surface area contributed by atoms with Crippen molar-refractivity contribution in [2.75, 3.05) is 40.4 Å². The van der Waals surface area contributed by atoms with Gasteiger partial charge in [0.05, 0.1) is 11.5 Å². The summed E-state index contributed by atoms with van der Waals surface area (Å²) in [6.07, 6.45) is 2.02. The molecule has 2 fully saturated rings. The van der Waals surface area contributed by atoms with E-state index >= 15 is 0 Å². The average molecular weight is 464 g/mol. The number of ether oxygens (including phenoxy) is 1. The summed E-state index contributed by atoms with van der Waals surface area (Å²) in [7, 11) is -0.536. The largest absolute Gasteiger partial charge is 0.383 e. The van der Waals surface area contributed by atoms with Crippen LogP contribution in [0, 0.1) is 5.92 Å². The predicted octanol–water partition coefficient (Wildman–Crippen LogP) is 2.23. The van der Waals surface area contributed by atoms with Crippen LogP contribution in [-0.2, 0) is 19.6 Å². The zero-order valence-electron chi connectivity index (χ0n) is 16.6. The van der Waals surface area contributed by atoms with Gasteiger partial charge in [-0.25, -0.2) is 8.42 Å². The number of rotatable bonds is 7. The number of carbonyl (C=O) groups excluding carboxylic acids is 1. The average Bonchev–Trinajstić information content (AvgIpc) is 2.74. The van der Waals surface area contributed by atoms with Gasteiger partial charge in [-0.1, -0.05) is 23.2 Å². The molecule has 1 aromatic rings. The first-order valence-electron chi connectivity index (χ1n) is 9.71. The molecule has 0 spiro atoms. The van der Waals surface area contributed by atoms with Crippen LogP contribution in [0.15, 0.2) is 23.1 Å². The van der Waals surface area contributed by atoms with E-state index in [0.29, 0.717) is 39.1 Å². The maximum Gasteiger partial charge on any atom is 0.244 e. The number of nitrogens with one attached hydrogen (secondary N) is 1. The molecule has 0 aliphatic carbocycles. The summed E-state index contributed by atoms with van der Waals surface area (Å²) < 4.78 is 33.9. The van der Waals surface area contributed by atoms with E-state index in [2.05, 4.69) is 5.32 Å². The summed E-state index contributed by atoms with van der Waals surface area (Å²) in [5.74, 6) is -0.197. The summed E-state index contributed by atoms with van der Waals surface area (Å²) in [6.45, 7) is 1.95. The van der Waals surface area contributed by atoms with Gasteiger partial charge in [-0.2, -0.15) is 4.31 Å². The summed E-state index contributed by atoms with van der Waals surface area (Å²) in [5, 5.41) is 3.65. The summed E-state index contributed by atoms with van der Waals surface area (Å²) in [4.78, 5) is 15.1. The van der Waals surface area contributed by atoms with Gasteiger partial charge in [0.2, 0.25) is 15.9 Å². The van der Waals surface area contributed by atoms with E-state index in [9.17, 15) is 13.2 Å². The van der Waals surface area contributed by atoms with Gasteiger partial charge in [-0.15, -0.1) is 0 Å². The van der Waals surface area contributed by atoms with Crippen LogP contribution in [-0.4, -0.2) is 76.0 Å². The van der Waals surface area contributed by atoms with Crippen LogP contribution in [0.2, 0.25) is 10.0 Å². The SMILES string of the molecule is CNCC1CN(CCOC)C(=O)C2CCCC1N2S(=O)(=O)c1cc(Cl)cc(Cl)c1. The molecular formula is C19H27Cl2N3O4S. The lowest BCUT2D eigenvalue weighted by Crippen LogP contribution is -2.55. The minimum atomic E-state index is -3.96. The number of piperidine rings is 1. The van der Waals surface area contributed by atoms with Crippen molar-refractivity contribution in [1.29, 1.82) is 0 Å². The summed E-state index contributed by atoms with van der Waals surface area (Å²) in [5.41, 5.74) is 0. The molecule has 29 heavy (non-hydrogen) atoms. The van der Waals surface area contributed by atoms with Gasteiger partial charge in [0.25, 0.3) is 0 Å². The van der Waals surface area contributed by atoms with Crippen molar-refractivity contribution < 1.29 is 17.9 Å². The highest BCUT2D eigenvalue weighted by molar-refractivity contribution is 7.89. The van der Waals surface area contributed by atoms with Gasteiger partial charge in [0, 0.05) is 48.7 Å². The first-order valence-corrected chi connectivity index (χ1v) is 11.9. The number of hydrogen-bond acceptors (Lipinski definition) is 5. The number of nitrogens with zero attached hydrogens (tertiary/aromatic N) is 2. The van der Waals surface area contributed by atoms with Crippen molar-refractivity contribution in [3.63, 3.8) is 0 Å². The van der Waals surface area contributed by atoms with Gasteiger partial charge in [-0.3, -0.25) is 4.79 Å². The summed E-state index contributed by atoms with van der Waals surface area (Å²) in [6, 6.07) is 3.27. The number of halogens is 2. The highest BCUT2D eigenvalue weighted by Crippen LogP contribution is 2.37. The number of hydrogen-bond donors (Lipinski definition) is 1. The third-order valence-corrected chi connectivity index (χ3v) is 8.00. The fraction of sp³-hybridized carbons (Fsp3) is 0.632. The molecule has 0 aromatic heterocycles. The van der Waals surface area contributed by atoms with E-state index in [0.717, 1.165) is 6.42 Å². The third-order valence-electron chi connectivity index (χ3n) is 5.65. The Balaban J connectivity index is 2.07. The fourth-order valence-electron chi connectivity index (χ4n) is 4.40. The van der Waals surface area contributed by atoms with Crippen LogP contribution < -0.4 is 5.32 Å². The number of carbonyl (C=O) groups is 1. The maximum atomic E-state index is 13.7. The molecule has 2 aliphatic heterocycles. The lowest BCUT2D eigenvalue weighted by molar-refractivity contribution is -0.135. The number of sulfonamides is 1. The van der Waals surface area contributed by atoms with Crippen molar-refractivity contribution in [3.05, 3.63) is 28.2 Å². The highest BCUT2D eigenvalue weighted by Gasteiger charge is 2.49. The molecule has 2 heterocycles.